The Morgan fingerprint density at radius 2 is 2.06 bits per heavy atom. The van der Waals surface area contributed by atoms with Crippen LogP contribution < -0.4 is 5.32 Å². The van der Waals surface area contributed by atoms with Gasteiger partial charge < -0.3 is 10.2 Å². The van der Waals surface area contributed by atoms with Gasteiger partial charge in [-0.1, -0.05) is 6.07 Å². The molecule has 1 aliphatic rings. The number of rotatable bonds is 6. The van der Waals surface area contributed by atoms with Crippen molar-refractivity contribution < 1.29 is 0 Å². The second-order valence-corrected chi connectivity index (χ2v) is 6.35. The number of halogens is 2. The third kappa shape index (κ3) is 4.36. The Kier molecular flexibility index (Phi) is 5.03. The Balaban J connectivity index is 1.68. The molecule has 0 spiro atoms. The van der Waals surface area contributed by atoms with Gasteiger partial charge in [0.1, 0.15) is 0 Å². The third-order valence-electron chi connectivity index (χ3n) is 3.12. The highest BCUT2D eigenvalue weighted by atomic mass is 79.9. The van der Waals surface area contributed by atoms with Crippen LogP contribution in [0.5, 0.6) is 0 Å². The fourth-order valence-electron chi connectivity index (χ4n) is 1.84. The van der Waals surface area contributed by atoms with E-state index in [1.165, 1.54) is 18.4 Å². The molecule has 0 unspecified atom stereocenters. The number of hydrogen-bond acceptors (Lipinski definition) is 2. The topological polar surface area (TPSA) is 15.3 Å². The maximum absolute atomic E-state index is 3.52. The molecule has 0 aromatic heterocycles. The summed E-state index contributed by atoms with van der Waals surface area (Å²) in [6.07, 6.45) is 2.77. The number of likely N-dealkylation sites (N-methyl/N-ethyl adjacent to an activating group) is 1. The molecule has 1 N–H and O–H groups in total. The summed E-state index contributed by atoms with van der Waals surface area (Å²) >= 11 is 7.00. The Labute approximate surface area is 120 Å². The molecule has 0 radical (unpaired) electrons. The van der Waals surface area contributed by atoms with Gasteiger partial charge in [-0.25, -0.2) is 0 Å². The first kappa shape index (κ1) is 13.5. The highest BCUT2D eigenvalue weighted by Crippen LogP contribution is 2.25. The highest BCUT2D eigenvalue weighted by molar-refractivity contribution is 9.13. The van der Waals surface area contributed by atoms with Crippen LogP contribution in [0.1, 0.15) is 18.4 Å². The molecule has 0 saturated heterocycles. The van der Waals surface area contributed by atoms with Gasteiger partial charge in [0, 0.05) is 34.6 Å². The van der Waals surface area contributed by atoms with Gasteiger partial charge in [-0.2, -0.15) is 0 Å². The van der Waals surface area contributed by atoms with Crippen LogP contribution in [-0.2, 0) is 6.54 Å². The van der Waals surface area contributed by atoms with Crippen LogP contribution in [-0.4, -0.2) is 31.1 Å². The van der Waals surface area contributed by atoms with E-state index in [0.29, 0.717) is 0 Å². The Morgan fingerprint density at radius 1 is 1.29 bits per heavy atom. The Morgan fingerprint density at radius 3 is 2.71 bits per heavy atom. The predicted octanol–water partition coefficient (Wildman–Crippen LogP) is 3.40. The van der Waals surface area contributed by atoms with Crippen molar-refractivity contribution in [3.05, 3.63) is 32.7 Å². The molecular weight excluding hydrogens is 344 g/mol. The molecule has 1 aromatic rings. The minimum atomic E-state index is 0.860. The second kappa shape index (κ2) is 6.32. The van der Waals surface area contributed by atoms with Crippen molar-refractivity contribution in [1.29, 1.82) is 0 Å². The molecule has 17 heavy (non-hydrogen) atoms. The minimum Gasteiger partial charge on any atom is -0.311 e. The Hall–Kier alpha value is 0.1000. The van der Waals surface area contributed by atoms with E-state index in [4.69, 9.17) is 0 Å². The normalized spacial score (nSPS) is 15.5. The van der Waals surface area contributed by atoms with Gasteiger partial charge in [0.15, 0.2) is 0 Å². The van der Waals surface area contributed by atoms with E-state index in [9.17, 15) is 0 Å². The number of nitrogens with one attached hydrogen (secondary N) is 1. The molecule has 1 saturated carbocycles. The van der Waals surface area contributed by atoms with Crippen LogP contribution in [0.2, 0.25) is 0 Å². The number of nitrogens with zero attached hydrogens (tertiary/aromatic N) is 1. The molecule has 2 nitrogen and oxygen atoms in total. The second-order valence-electron chi connectivity index (χ2n) is 4.64. The van der Waals surface area contributed by atoms with Crippen LogP contribution in [0.4, 0.5) is 0 Å². The van der Waals surface area contributed by atoms with Crippen LogP contribution >= 0.6 is 31.9 Å². The van der Waals surface area contributed by atoms with Crippen LogP contribution in [0, 0.1) is 0 Å². The highest BCUT2D eigenvalue weighted by Gasteiger charge is 2.25. The van der Waals surface area contributed by atoms with E-state index in [0.717, 1.165) is 34.6 Å². The Bertz CT molecular complexity index is 378. The lowest BCUT2D eigenvalue weighted by Crippen LogP contribution is -2.30. The van der Waals surface area contributed by atoms with Gasteiger partial charge in [-0.15, -0.1) is 0 Å². The molecule has 2 rings (SSSR count). The fraction of sp³-hybridized carbons (Fsp3) is 0.538. The summed E-state index contributed by atoms with van der Waals surface area (Å²) < 4.78 is 2.22. The van der Waals surface area contributed by atoms with Crippen molar-refractivity contribution in [2.45, 2.75) is 25.4 Å². The van der Waals surface area contributed by atoms with E-state index in [-0.39, 0.29) is 0 Å². The van der Waals surface area contributed by atoms with E-state index in [2.05, 4.69) is 67.3 Å². The first-order valence-electron chi connectivity index (χ1n) is 6.01. The molecule has 4 heteroatoms. The van der Waals surface area contributed by atoms with E-state index in [1.54, 1.807) is 0 Å². The lowest BCUT2D eigenvalue weighted by molar-refractivity contribution is 0.321. The number of hydrogen-bond donors (Lipinski definition) is 1. The van der Waals surface area contributed by atoms with E-state index >= 15 is 0 Å². The fourth-order valence-corrected chi connectivity index (χ4v) is 2.51. The largest absolute Gasteiger partial charge is 0.311 e. The number of benzene rings is 1. The zero-order valence-corrected chi connectivity index (χ0v) is 13.2. The summed E-state index contributed by atoms with van der Waals surface area (Å²) in [5, 5.41) is 3.48. The SMILES string of the molecule is CN(CCNCc1ccc(Br)c(Br)c1)C1CC1. The van der Waals surface area contributed by atoms with Crippen molar-refractivity contribution in [1.82, 2.24) is 10.2 Å². The van der Waals surface area contributed by atoms with Crippen molar-refractivity contribution in [2.24, 2.45) is 0 Å². The average molecular weight is 362 g/mol. The lowest BCUT2D eigenvalue weighted by Gasteiger charge is -2.15. The smallest absolute Gasteiger partial charge is 0.0320 e. The van der Waals surface area contributed by atoms with Gasteiger partial charge in [0.2, 0.25) is 0 Å². The summed E-state index contributed by atoms with van der Waals surface area (Å²) in [4.78, 5) is 2.45. The zero-order valence-electron chi connectivity index (χ0n) is 10.0. The molecule has 1 aromatic carbocycles. The van der Waals surface area contributed by atoms with Gasteiger partial charge in [-0.3, -0.25) is 0 Å². The third-order valence-corrected chi connectivity index (χ3v) is 5.00. The summed E-state index contributed by atoms with van der Waals surface area (Å²) in [7, 11) is 2.22. The molecule has 1 aliphatic carbocycles. The maximum atomic E-state index is 3.52. The molecule has 0 aliphatic heterocycles. The summed E-state index contributed by atoms with van der Waals surface area (Å²) in [6.45, 7) is 3.13. The summed E-state index contributed by atoms with van der Waals surface area (Å²) in [5.41, 5.74) is 1.31. The molecule has 0 heterocycles. The molecule has 0 atom stereocenters. The van der Waals surface area contributed by atoms with E-state index in [1.807, 2.05) is 0 Å². The quantitative estimate of drug-likeness (QED) is 0.781. The van der Waals surface area contributed by atoms with Crippen molar-refractivity contribution in [2.75, 3.05) is 20.1 Å². The predicted molar refractivity (Wildman–Crippen MR) is 79.2 cm³/mol. The summed E-state index contributed by atoms with van der Waals surface area (Å²) in [6, 6.07) is 7.24. The van der Waals surface area contributed by atoms with Crippen LogP contribution in [0.15, 0.2) is 27.1 Å². The molecule has 94 valence electrons. The van der Waals surface area contributed by atoms with Gasteiger partial charge in [0.25, 0.3) is 0 Å². The van der Waals surface area contributed by atoms with Crippen LogP contribution in [0.3, 0.4) is 0 Å². The first-order chi connectivity index (χ1) is 8.16. The molecule has 1 fully saturated rings. The van der Waals surface area contributed by atoms with Gasteiger partial charge in [-0.05, 0) is 69.4 Å². The van der Waals surface area contributed by atoms with Crippen molar-refractivity contribution >= 4 is 31.9 Å². The minimum absolute atomic E-state index is 0.860. The standard InChI is InChI=1S/C13H18Br2N2/c1-17(11-3-4-11)7-6-16-9-10-2-5-12(14)13(15)8-10/h2,5,8,11,16H,3-4,6-7,9H2,1H3. The van der Waals surface area contributed by atoms with Crippen molar-refractivity contribution in [3.8, 4) is 0 Å². The summed E-state index contributed by atoms with van der Waals surface area (Å²) in [5.74, 6) is 0. The van der Waals surface area contributed by atoms with E-state index < -0.39 is 0 Å². The molecule has 0 amide bonds. The average Bonchev–Trinajstić information content (AvgIpc) is 3.13. The zero-order chi connectivity index (χ0) is 12.3. The monoisotopic (exact) mass is 360 g/mol. The lowest BCUT2D eigenvalue weighted by atomic mass is 10.2. The molecule has 0 bridgehead atoms. The maximum Gasteiger partial charge on any atom is 0.0320 e. The van der Waals surface area contributed by atoms with Crippen molar-refractivity contribution in [3.63, 3.8) is 0 Å². The molecular formula is C13H18Br2N2. The van der Waals surface area contributed by atoms with Crippen LogP contribution in [0.25, 0.3) is 0 Å². The van der Waals surface area contributed by atoms with Gasteiger partial charge in [0.05, 0.1) is 0 Å². The van der Waals surface area contributed by atoms with Gasteiger partial charge >= 0.3 is 0 Å². The first-order valence-corrected chi connectivity index (χ1v) is 7.60.